The highest BCUT2D eigenvalue weighted by Crippen LogP contribution is 3.02. The maximum absolute atomic E-state index is 13.6. The quantitative estimate of drug-likeness (QED) is 0.150. The summed E-state index contributed by atoms with van der Waals surface area (Å²) in [5, 5.41) is 16.5. The normalized spacial score (nSPS) is 13.6. The van der Waals surface area contributed by atoms with Crippen molar-refractivity contribution in [3.05, 3.63) is 41.5 Å². The van der Waals surface area contributed by atoms with E-state index in [2.05, 4.69) is 10.2 Å². The first-order chi connectivity index (χ1) is 17.1. The fraction of sp³-hybridized carbons (Fsp3) is 0.455. The lowest BCUT2D eigenvalue weighted by atomic mass is 10.1. The van der Waals surface area contributed by atoms with Crippen molar-refractivity contribution in [1.29, 1.82) is 5.41 Å². The summed E-state index contributed by atoms with van der Waals surface area (Å²) in [4.78, 5) is 10.6. The number of nitrogens with one attached hydrogen (secondary N) is 1. The molecule has 0 saturated heterocycles. The molecule has 0 atom stereocenters. The van der Waals surface area contributed by atoms with Gasteiger partial charge in [-0.1, -0.05) is 33.3 Å². The Morgan fingerprint density at radius 2 is 1.74 bits per heavy atom. The number of nitrogens with zero attached hydrogens (tertiary/aromatic N) is 4. The molecule has 0 bridgehead atoms. The van der Waals surface area contributed by atoms with Crippen molar-refractivity contribution in [2.24, 2.45) is 0 Å². The second kappa shape index (κ2) is 11.1. The van der Waals surface area contributed by atoms with Crippen LogP contribution in [0.1, 0.15) is 43.5 Å². The Morgan fingerprint density at radius 1 is 1.05 bits per heavy atom. The van der Waals surface area contributed by atoms with E-state index in [0.717, 1.165) is 28.1 Å². The van der Waals surface area contributed by atoms with E-state index in [9.17, 15) is 24.2 Å². The summed E-state index contributed by atoms with van der Waals surface area (Å²) in [6, 6.07) is 4.25. The molecule has 38 heavy (non-hydrogen) atoms. The van der Waals surface area contributed by atoms with Crippen molar-refractivity contribution in [2.75, 3.05) is 20.3 Å². The summed E-state index contributed by atoms with van der Waals surface area (Å²) < 4.78 is 85.6. The molecule has 0 unspecified atom stereocenters. The van der Waals surface area contributed by atoms with Crippen molar-refractivity contribution in [3.63, 3.8) is 0 Å². The second-order valence-corrected chi connectivity index (χ2v) is 10.7. The Balaban J connectivity index is 0.00000507. The van der Waals surface area contributed by atoms with Crippen LogP contribution in [0, 0.1) is 5.41 Å². The molecule has 0 aliphatic carbocycles. The van der Waals surface area contributed by atoms with E-state index in [1.165, 1.54) is 19.2 Å². The molecule has 214 valence electrons. The van der Waals surface area contributed by atoms with E-state index < -0.39 is 38.8 Å². The van der Waals surface area contributed by atoms with Crippen LogP contribution in [-0.2, 0) is 11.3 Å². The molecule has 0 aliphatic heterocycles. The van der Waals surface area contributed by atoms with Crippen LogP contribution in [0.2, 0.25) is 0 Å². The SMILES string of the molecule is CCC(CC)Oc1ccc2nn(CC(=O)c3cc(OCCCOC)cc(S(F)(F)(F)(F)F)c3)c(=N)n2n1.Cl. The van der Waals surface area contributed by atoms with Crippen LogP contribution in [0.4, 0.5) is 19.4 Å². The molecule has 3 rings (SSSR count). The topological polar surface area (TPSA) is 104 Å². The third-order valence-corrected chi connectivity index (χ3v) is 6.49. The number of hydrogen-bond acceptors (Lipinski definition) is 7. The van der Waals surface area contributed by atoms with Gasteiger partial charge in [-0.25, -0.2) is 4.68 Å². The van der Waals surface area contributed by atoms with Crippen molar-refractivity contribution in [3.8, 4) is 11.6 Å². The van der Waals surface area contributed by atoms with Gasteiger partial charge in [0.15, 0.2) is 11.4 Å². The van der Waals surface area contributed by atoms with E-state index >= 15 is 0 Å². The molecule has 0 spiro atoms. The minimum atomic E-state index is -10.1. The van der Waals surface area contributed by atoms with Crippen LogP contribution < -0.4 is 15.1 Å². The number of benzene rings is 1. The number of carbonyl (C=O) groups is 1. The van der Waals surface area contributed by atoms with Crippen LogP contribution in [0.15, 0.2) is 35.2 Å². The van der Waals surface area contributed by atoms with Crippen LogP contribution in [0.5, 0.6) is 11.6 Å². The largest absolute Gasteiger partial charge is 0.493 e. The van der Waals surface area contributed by atoms with Gasteiger partial charge in [0, 0.05) is 37.8 Å². The summed E-state index contributed by atoms with van der Waals surface area (Å²) in [7, 11) is -8.71. The number of ketones is 1. The molecule has 0 aliphatic rings. The molecule has 16 heteroatoms. The Hall–Kier alpha value is -2.91. The number of Topliss-reactive ketones (excluding diaryl/α,β-unsaturated/α-hetero) is 1. The van der Waals surface area contributed by atoms with Gasteiger partial charge in [-0.15, -0.1) is 22.6 Å². The summed E-state index contributed by atoms with van der Waals surface area (Å²) in [5.41, 5.74) is -0.849. The number of aromatic nitrogens is 4. The van der Waals surface area contributed by atoms with Crippen LogP contribution >= 0.6 is 22.6 Å². The third-order valence-electron chi connectivity index (χ3n) is 5.36. The maximum Gasteiger partial charge on any atom is 0.310 e. The number of rotatable bonds is 13. The standard InChI is InChI=1S/C22H28F5N5O4S.ClH/c1-4-16(5-2)36-21-8-7-20-29-31(22(28)32(20)30-21)14-19(33)15-11-17(35-10-6-9-34-3)13-18(12-15)37(23,24,25,26)27;/h7-8,11-13,16,28H,4-6,9-10,14H2,1-3H3;1H. The summed E-state index contributed by atoms with van der Waals surface area (Å²) in [6.45, 7) is 3.32. The zero-order valence-corrected chi connectivity index (χ0v) is 22.5. The number of ether oxygens (including phenoxy) is 3. The van der Waals surface area contributed by atoms with Gasteiger partial charge in [-0.3, -0.25) is 10.2 Å². The summed E-state index contributed by atoms with van der Waals surface area (Å²) >= 11 is 0. The highest BCUT2D eigenvalue weighted by molar-refractivity contribution is 8.45. The lowest BCUT2D eigenvalue weighted by molar-refractivity contribution is 0.0964. The molecule has 3 aromatic rings. The first-order valence-electron chi connectivity index (χ1n) is 11.4. The highest BCUT2D eigenvalue weighted by Gasteiger charge is 2.65. The van der Waals surface area contributed by atoms with Crippen molar-refractivity contribution in [2.45, 2.75) is 50.7 Å². The zero-order valence-electron chi connectivity index (χ0n) is 20.8. The fourth-order valence-electron chi connectivity index (χ4n) is 3.37. The number of fused-ring (bicyclic) bond motifs is 1. The lowest BCUT2D eigenvalue weighted by Gasteiger charge is -2.40. The van der Waals surface area contributed by atoms with Gasteiger partial charge >= 0.3 is 10.2 Å². The molecule has 2 aromatic heterocycles. The number of carbonyl (C=O) groups excluding carboxylic acids is 1. The molecular weight excluding hydrogens is 561 g/mol. The molecule has 1 aromatic carbocycles. The minimum absolute atomic E-state index is 0. The third kappa shape index (κ3) is 7.80. The van der Waals surface area contributed by atoms with Crippen molar-refractivity contribution < 1.29 is 38.4 Å². The predicted octanol–water partition coefficient (Wildman–Crippen LogP) is 5.96. The number of halogens is 6. The molecule has 0 saturated carbocycles. The van der Waals surface area contributed by atoms with Crippen LogP contribution in [0.25, 0.3) is 5.65 Å². The first-order valence-corrected chi connectivity index (χ1v) is 13.3. The minimum Gasteiger partial charge on any atom is -0.493 e. The molecule has 1 N–H and O–H groups in total. The first kappa shape index (κ1) is 31.3. The Bertz CT molecular complexity index is 1350. The van der Waals surface area contributed by atoms with Gasteiger partial charge in [0.1, 0.15) is 17.2 Å². The van der Waals surface area contributed by atoms with Gasteiger partial charge in [-0.2, -0.15) is 4.52 Å². The van der Waals surface area contributed by atoms with Crippen LogP contribution in [-0.4, -0.2) is 51.6 Å². The van der Waals surface area contributed by atoms with Gasteiger partial charge in [0.05, 0.1) is 12.7 Å². The van der Waals surface area contributed by atoms with E-state index in [1.807, 2.05) is 13.8 Å². The Morgan fingerprint density at radius 3 is 2.34 bits per heavy atom. The molecule has 2 heterocycles. The lowest BCUT2D eigenvalue weighted by Crippen LogP contribution is -2.26. The van der Waals surface area contributed by atoms with E-state index in [0.29, 0.717) is 0 Å². The van der Waals surface area contributed by atoms with Crippen molar-refractivity contribution >= 4 is 34.1 Å². The fourth-order valence-corrected chi connectivity index (χ4v) is 4.06. The van der Waals surface area contributed by atoms with Crippen molar-refractivity contribution in [1.82, 2.24) is 19.4 Å². The van der Waals surface area contributed by atoms with E-state index in [-0.39, 0.29) is 67.4 Å². The maximum atomic E-state index is 13.6. The summed E-state index contributed by atoms with van der Waals surface area (Å²) in [6.07, 6.45) is 1.66. The smallest absolute Gasteiger partial charge is 0.310 e. The van der Waals surface area contributed by atoms with Gasteiger partial charge < -0.3 is 14.2 Å². The molecule has 0 radical (unpaired) electrons. The van der Waals surface area contributed by atoms with Gasteiger partial charge in [0.25, 0.3) is 0 Å². The van der Waals surface area contributed by atoms with E-state index in [1.54, 1.807) is 0 Å². The summed E-state index contributed by atoms with van der Waals surface area (Å²) in [5.74, 6) is -1.30. The molecule has 0 fully saturated rings. The zero-order chi connectivity index (χ0) is 27.5. The number of methoxy groups -OCH3 is 1. The molecular formula is C22H29ClF5N5O4S. The van der Waals surface area contributed by atoms with Gasteiger partial charge in [-0.05, 0) is 31.0 Å². The molecule has 9 nitrogen and oxygen atoms in total. The monoisotopic (exact) mass is 589 g/mol. The Labute approximate surface area is 221 Å². The average Bonchev–Trinajstić information content (AvgIpc) is 3.13. The number of hydrogen-bond donors (Lipinski definition) is 1. The second-order valence-electron chi connectivity index (χ2n) is 8.26. The average molecular weight is 590 g/mol. The Kier molecular flexibility index (Phi) is 9.11. The predicted molar refractivity (Wildman–Crippen MR) is 133 cm³/mol. The molecule has 0 amide bonds. The highest BCUT2D eigenvalue weighted by atomic mass is 35.5. The van der Waals surface area contributed by atoms with Gasteiger partial charge in [0.2, 0.25) is 11.5 Å². The van der Waals surface area contributed by atoms with E-state index in [4.69, 9.17) is 19.6 Å². The van der Waals surface area contributed by atoms with Crippen LogP contribution in [0.3, 0.4) is 0 Å².